The molecule has 0 radical (unpaired) electrons. The maximum absolute atomic E-state index is 11.7. The lowest BCUT2D eigenvalue weighted by atomic mass is 10.3. The number of ether oxygens (including phenoxy) is 2. The van der Waals surface area contributed by atoms with Crippen LogP contribution >= 0.6 is 27.5 Å². The summed E-state index contributed by atoms with van der Waals surface area (Å²) in [6.45, 7) is -0.717. The zero-order valence-electron chi connectivity index (χ0n) is 13.6. The van der Waals surface area contributed by atoms with Crippen LogP contribution in [0.2, 0.25) is 5.02 Å². The molecule has 0 aliphatic carbocycles. The molecule has 0 spiro atoms. The van der Waals surface area contributed by atoms with Crippen LogP contribution in [-0.2, 0) is 9.59 Å². The normalized spacial score (nSPS) is 10.0. The molecular formula is C16H13BrClN3O6. The quantitative estimate of drug-likeness (QED) is 0.486. The maximum atomic E-state index is 11.7. The van der Waals surface area contributed by atoms with Gasteiger partial charge in [-0.05, 0) is 46.3 Å². The molecule has 2 aromatic rings. The first-order valence-electron chi connectivity index (χ1n) is 7.38. The minimum Gasteiger partial charge on any atom is -0.484 e. The highest BCUT2D eigenvalue weighted by atomic mass is 79.9. The van der Waals surface area contributed by atoms with Gasteiger partial charge in [0.1, 0.15) is 11.5 Å². The number of carbonyl (C=O) groups excluding carboxylic acids is 2. The van der Waals surface area contributed by atoms with Crippen molar-refractivity contribution in [2.24, 2.45) is 0 Å². The minimum atomic E-state index is -0.616. The molecule has 0 unspecified atom stereocenters. The van der Waals surface area contributed by atoms with E-state index in [2.05, 4.69) is 26.8 Å². The van der Waals surface area contributed by atoms with E-state index in [1.54, 1.807) is 18.2 Å². The van der Waals surface area contributed by atoms with E-state index in [1.165, 1.54) is 24.3 Å². The Morgan fingerprint density at radius 3 is 2.19 bits per heavy atom. The van der Waals surface area contributed by atoms with Crippen LogP contribution in [0.1, 0.15) is 0 Å². The molecule has 142 valence electrons. The van der Waals surface area contributed by atoms with E-state index in [9.17, 15) is 19.7 Å². The van der Waals surface area contributed by atoms with Crippen molar-refractivity contribution in [1.29, 1.82) is 0 Å². The Kier molecular flexibility index (Phi) is 7.38. The number of nitro groups is 1. The molecule has 2 N–H and O–H groups in total. The highest BCUT2D eigenvalue weighted by Gasteiger charge is 2.09. The summed E-state index contributed by atoms with van der Waals surface area (Å²) in [6, 6.07) is 10.0. The van der Waals surface area contributed by atoms with Crippen LogP contribution in [0.4, 0.5) is 5.69 Å². The van der Waals surface area contributed by atoms with Crippen molar-refractivity contribution in [2.75, 3.05) is 13.2 Å². The number of rotatable bonds is 7. The molecule has 0 saturated heterocycles. The molecule has 0 heterocycles. The molecule has 0 atom stereocenters. The molecule has 2 aromatic carbocycles. The van der Waals surface area contributed by atoms with Gasteiger partial charge < -0.3 is 9.47 Å². The molecule has 2 rings (SSSR count). The van der Waals surface area contributed by atoms with E-state index in [0.29, 0.717) is 15.2 Å². The lowest BCUT2D eigenvalue weighted by Gasteiger charge is -2.10. The van der Waals surface area contributed by atoms with E-state index < -0.39 is 16.7 Å². The molecule has 0 aliphatic heterocycles. The third-order valence-corrected chi connectivity index (χ3v) is 3.87. The Hall–Kier alpha value is -2.85. The molecule has 0 bridgehead atoms. The van der Waals surface area contributed by atoms with Crippen LogP contribution in [0.5, 0.6) is 11.5 Å². The largest absolute Gasteiger partial charge is 0.484 e. The van der Waals surface area contributed by atoms with Gasteiger partial charge in [-0.3, -0.25) is 30.6 Å². The number of nitrogens with one attached hydrogen (secondary N) is 2. The molecule has 11 heteroatoms. The van der Waals surface area contributed by atoms with Gasteiger partial charge in [-0.1, -0.05) is 11.6 Å². The van der Waals surface area contributed by atoms with E-state index in [1.807, 2.05) is 0 Å². The van der Waals surface area contributed by atoms with Crippen LogP contribution in [-0.4, -0.2) is 30.0 Å². The predicted molar refractivity (Wildman–Crippen MR) is 99.5 cm³/mol. The Morgan fingerprint density at radius 1 is 1.04 bits per heavy atom. The van der Waals surface area contributed by atoms with Crippen LogP contribution in [0.15, 0.2) is 46.9 Å². The number of nitro benzene ring substituents is 1. The van der Waals surface area contributed by atoms with Gasteiger partial charge in [0.2, 0.25) is 0 Å². The van der Waals surface area contributed by atoms with Gasteiger partial charge in [0.15, 0.2) is 13.2 Å². The molecule has 27 heavy (non-hydrogen) atoms. The summed E-state index contributed by atoms with van der Waals surface area (Å²) in [7, 11) is 0. The number of hydrazine groups is 1. The van der Waals surface area contributed by atoms with E-state index in [-0.39, 0.29) is 24.7 Å². The summed E-state index contributed by atoms with van der Waals surface area (Å²) in [5.41, 5.74) is 4.24. The zero-order valence-corrected chi connectivity index (χ0v) is 16.0. The summed E-state index contributed by atoms with van der Waals surface area (Å²) < 4.78 is 11.0. The van der Waals surface area contributed by atoms with Crippen LogP contribution < -0.4 is 20.3 Å². The monoisotopic (exact) mass is 457 g/mol. The Morgan fingerprint density at radius 2 is 1.63 bits per heavy atom. The average molecular weight is 459 g/mol. The number of amides is 2. The number of halogens is 2. The zero-order chi connectivity index (χ0) is 19.8. The Labute approximate surface area is 166 Å². The fourth-order valence-electron chi connectivity index (χ4n) is 1.76. The standard InChI is InChI=1S/C16H13BrClN3O6/c17-13-7-10(18)1-6-14(13)27-9-16(23)20-19-15(22)8-26-12-4-2-11(3-5-12)21(24)25/h1-7H,8-9H2,(H,19,22)(H,20,23). The highest BCUT2D eigenvalue weighted by Crippen LogP contribution is 2.27. The molecule has 9 nitrogen and oxygen atoms in total. The fourth-order valence-corrected chi connectivity index (χ4v) is 2.56. The second-order valence-electron chi connectivity index (χ2n) is 5.00. The Bertz CT molecular complexity index is 847. The van der Waals surface area contributed by atoms with Crippen molar-refractivity contribution >= 4 is 45.0 Å². The van der Waals surface area contributed by atoms with Gasteiger partial charge in [-0.2, -0.15) is 0 Å². The first kappa shape index (κ1) is 20.5. The lowest BCUT2D eigenvalue weighted by molar-refractivity contribution is -0.384. The fraction of sp³-hybridized carbons (Fsp3) is 0.125. The number of benzene rings is 2. The molecule has 0 fully saturated rings. The van der Waals surface area contributed by atoms with Crippen molar-refractivity contribution in [3.63, 3.8) is 0 Å². The lowest BCUT2D eigenvalue weighted by Crippen LogP contribution is -2.45. The topological polar surface area (TPSA) is 120 Å². The average Bonchev–Trinajstić information content (AvgIpc) is 2.64. The van der Waals surface area contributed by atoms with E-state index in [4.69, 9.17) is 21.1 Å². The van der Waals surface area contributed by atoms with Gasteiger partial charge in [0, 0.05) is 17.2 Å². The van der Waals surface area contributed by atoms with Crippen molar-refractivity contribution < 1.29 is 24.0 Å². The summed E-state index contributed by atoms with van der Waals surface area (Å²) in [5, 5.41) is 11.1. The van der Waals surface area contributed by atoms with Crippen molar-refractivity contribution in [3.05, 3.63) is 62.1 Å². The second-order valence-corrected chi connectivity index (χ2v) is 6.29. The van der Waals surface area contributed by atoms with Gasteiger partial charge in [-0.25, -0.2) is 0 Å². The van der Waals surface area contributed by atoms with E-state index in [0.717, 1.165) is 0 Å². The summed E-state index contributed by atoms with van der Waals surface area (Å²) >= 11 is 9.06. The number of carbonyl (C=O) groups is 2. The van der Waals surface area contributed by atoms with Gasteiger partial charge in [0.05, 0.1) is 9.40 Å². The molecule has 2 amide bonds. The second kappa shape index (κ2) is 9.74. The first-order valence-corrected chi connectivity index (χ1v) is 8.55. The highest BCUT2D eigenvalue weighted by molar-refractivity contribution is 9.10. The SMILES string of the molecule is O=C(COc1ccc([N+](=O)[O-])cc1)NNC(=O)COc1ccc(Cl)cc1Br. The van der Waals surface area contributed by atoms with E-state index >= 15 is 0 Å². The number of hydrogen-bond donors (Lipinski definition) is 2. The van der Waals surface area contributed by atoms with Gasteiger partial charge in [0.25, 0.3) is 17.5 Å². The third kappa shape index (κ3) is 6.76. The summed E-state index contributed by atoms with van der Waals surface area (Å²) in [6.07, 6.45) is 0. The predicted octanol–water partition coefficient (Wildman–Crippen LogP) is 2.62. The third-order valence-electron chi connectivity index (χ3n) is 3.01. The number of non-ortho nitro benzene ring substituents is 1. The van der Waals surface area contributed by atoms with Gasteiger partial charge in [-0.15, -0.1) is 0 Å². The molecule has 0 saturated carbocycles. The summed E-state index contributed by atoms with van der Waals surface area (Å²) in [5.74, 6) is -0.504. The Balaban J connectivity index is 1.70. The van der Waals surface area contributed by atoms with Crippen LogP contribution in [0, 0.1) is 10.1 Å². The van der Waals surface area contributed by atoms with Crippen molar-refractivity contribution in [2.45, 2.75) is 0 Å². The molecule has 0 aliphatic rings. The first-order chi connectivity index (χ1) is 12.8. The van der Waals surface area contributed by atoms with Crippen LogP contribution in [0.25, 0.3) is 0 Å². The minimum absolute atomic E-state index is 0.0913. The summed E-state index contributed by atoms with van der Waals surface area (Å²) in [4.78, 5) is 33.3. The van der Waals surface area contributed by atoms with Crippen molar-refractivity contribution in [3.8, 4) is 11.5 Å². The number of nitrogens with zero attached hydrogens (tertiary/aromatic N) is 1. The number of hydrogen-bond acceptors (Lipinski definition) is 6. The van der Waals surface area contributed by atoms with Crippen LogP contribution in [0.3, 0.4) is 0 Å². The van der Waals surface area contributed by atoms with Gasteiger partial charge >= 0.3 is 0 Å². The molecule has 0 aromatic heterocycles. The maximum Gasteiger partial charge on any atom is 0.276 e. The van der Waals surface area contributed by atoms with Crippen molar-refractivity contribution in [1.82, 2.24) is 10.9 Å². The molecular weight excluding hydrogens is 446 g/mol. The smallest absolute Gasteiger partial charge is 0.276 e.